The molecule has 1 N–H and O–H groups in total. The Hall–Kier alpha value is -3.38. The molecule has 1 aromatic heterocycles. The molecule has 4 aromatic rings. The first kappa shape index (κ1) is 19.0. The first-order valence-electron chi connectivity index (χ1n) is 8.84. The van der Waals surface area contributed by atoms with Crippen LogP contribution in [-0.4, -0.2) is 18.8 Å². The Morgan fingerprint density at radius 2 is 1.69 bits per heavy atom. The fourth-order valence-electron chi connectivity index (χ4n) is 3.01. The summed E-state index contributed by atoms with van der Waals surface area (Å²) < 4.78 is 11.9. The lowest BCUT2D eigenvalue weighted by atomic mass is 10.1. The Bertz CT molecular complexity index is 1210. The highest BCUT2D eigenvalue weighted by Crippen LogP contribution is 2.33. The van der Waals surface area contributed by atoms with Gasteiger partial charge in [-0.2, -0.15) is 0 Å². The molecule has 3 aromatic carbocycles. The molecule has 0 bridgehead atoms. The average Bonchev–Trinajstić information content (AvgIpc) is 3.12. The van der Waals surface area contributed by atoms with Crippen molar-refractivity contribution in [3.63, 3.8) is 0 Å². The Balaban J connectivity index is 1.76. The van der Waals surface area contributed by atoms with Crippen LogP contribution in [0.1, 0.15) is 26.5 Å². The van der Waals surface area contributed by atoms with E-state index in [1.165, 1.54) is 7.11 Å². The van der Waals surface area contributed by atoms with Crippen LogP contribution in [0.3, 0.4) is 0 Å². The quantitative estimate of drug-likeness (QED) is 0.397. The predicted octanol–water partition coefficient (Wildman–Crippen LogP) is 5.69. The molecule has 144 valence electrons. The normalized spacial score (nSPS) is 10.7. The number of hydrogen-bond donors (Lipinski definition) is 1. The van der Waals surface area contributed by atoms with Gasteiger partial charge in [0.05, 0.1) is 12.8 Å². The number of fused-ring (bicyclic) bond motifs is 1. The SMILES string of the molecule is COc1cccc(C(=O)Nc2c(C(=O)c3ccc(Br)cc3)oc3ccccc23)c1. The third-order valence-corrected chi connectivity index (χ3v) is 5.01. The molecule has 0 aliphatic heterocycles. The molecule has 0 saturated carbocycles. The van der Waals surface area contributed by atoms with Crippen LogP contribution in [-0.2, 0) is 0 Å². The summed E-state index contributed by atoms with van der Waals surface area (Å²) >= 11 is 3.36. The van der Waals surface area contributed by atoms with E-state index in [2.05, 4.69) is 21.2 Å². The largest absolute Gasteiger partial charge is 0.497 e. The Labute approximate surface area is 175 Å². The van der Waals surface area contributed by atoms with E-state index >= 15 is 0 Å². The van der Waals surface area contributed by atoms with Gasteiger partial charge in [-0.1, -0.05) is 34.1 Å². The number of halogens is 1. The molecule has 6 heteroatoms. The molecule has 0 aliphatic rings. The van der Waals surface area contributed by atoms with Crippen molar-refractivity contribution < 1.29 is 18.7 Å². The van der Waals surface area contributed by atoms with E-state index < -0.39 is 0 Å². The van der Waals surface area contributed by atoms with Crippen LogP contribution in [0.25, 0.3) is 11.0 Å². The van der Waals surface area contributed by atoms with Gasteiger partial charge < -0.3 is 14.5 Å². The van der Waals surface area contributed by atoms with Crippen LogP contribution in [0.4, 0.5) is 5.69 Å². The van der Waals surface area contributed by atoms with Gasteiger partial charge in [-0.15, -0.1) is 0 Å². The smallest absolute Gasteiger partial charge is 0.255 e. The van der Waals surface area contributed by atoms with Crippen molar-refractivity contribution in [3.8, 4) is 5.75 Å². The first-order chi connectivity index (χ1) is 14.1. The van der Waals surface area contributed by atoms with Gasteiger partial charge >= 0.3 is 0 Å². The standard InChI is InChI=1S/C23H16BrNO4/c1-28-17-6-4-5-15(13-17)23(27)25-20-18-7-2-3-8-19(18)29-22(20)21(26)14-9-11-16(24)12-10-14/h2-13H,1H3,(H,25,27). The Morgan fingerprint density at radius 3 is 2.45 bits per heavy atom. The summed E-state index contributed by atoms with van der Waals surface area (Å²) in [4.78, 5) is 25.9. The molecule has 0 unspecified atom stereocenters. The van der Waals surface area contributed by atoms with Gasteiger partial charge in [0, 0.05) is 21.0 Å². The zero-order valence-corrected chi connectivity index (χ0v) is 17.0. The van der Waals surface area contributed by atoms with Gasteiger partial charge in [0.15, 0.2) is 5.76 Å². The maximum absolute atomic E-state index is 13.1. The number of ketones is 1. The number of amides is 1. The van der Waals surface area contributed by atoms with Gasteiger partial charge in [-0.3, -0.25) is 9.59 Å². The summed E-state index contributed by atoms with van der Waals surface area (Å²) in [5.74, 6) is -0.0133. The number of benzene rings is 3. The van der Waals surface area contributed by atoms with Gasteiger partial charge in [0.1, 0.15) is 11.3 Å². The van der Waals surface area contributed by atoms with Crippen molar-refractivity contribution in [2.75, 3.05) is 12.4 Å². The summed E-state index contributed by atoms with van der Waals surface area (Å²) in [5.41, 5.74) is 1.75. The Morgan fingerprint density at radius 1 is 0.931 bits per heavy atom. The van der Waals surface area contributed by atoms with Crippen LogP contribution in [0.5, 0.6) is 5.75 Å². The van der Waals surface area contributed by atoms with Crippen LogP contribution < -0.4 is 10.1 Å². The average molecular weight is 450 g/mol. The van der Waals surface area contributed by atoms with Gasteiger partial charge in [0.25, 0.3) is 5.91 Å². The van der Waals surface area contributed by atoms with Crippen molar-refractivity contribution in [1.29, 1.82) is 0 Å². The minimum atomic E-state index is -0.361. The summed E-state index contributed by atoms with van der Waals surface area (Å²) in [5, 5.41) is 3.50. The highest BCUT2D eigenvalue weighted by Gasteiger charge is 2.23. The first-order valence-corrected chi connectivity index (χ1v) is 9.63. The van der Waals surface area contributed by atoms with Crippen molar-refractivity contribution >= 4 is 44.3 Å². The number of carbonyl (C=O) groups excluding carboxylic acids is 2. The molecule has 0 spiro atoms. The van der Waals surface area contributed by atoms with Crippen molar-refractivity contribution in [3.05, 3.63) is 94.2 Å². The Kier molecular flexibility index (Phi) is 5.18. The second-order valence-corrected chi connectivity index (χ2v) is 7.24. The molecule has 5 nitrogen and oxygen atoms in total. The van der Waals surface area contributed by atoms with Crippen LogP contribution in [0, 0.1) is 0 Å². The number of ether oxygens (including phenoxy) is 1. The fourth-order valence-corrected chi connectivity index (χ4v) is 3.28. The van der Waals surface area contributed by atoms with Gasteiger partial charge in [0.2, 0.25) is 5.78 Å². The second kappa shape index (κ2) is 7.93. The number of furan rings is 1. The van der Waals surface area contributed by atoms with Gasteiger partial charge in [-0.25, -0.2) is 0 Å². The van der Waals surface area contributed by atoms with E-state index in [4.69, 9.17) is 9.15 Å². The van der Waals surface area contributed by atoms with Crippen molar-refractivity contribution in [2.45, 2.75) is 0 Å². The molecule has 1 amide bonds. The summed E-state index contributed by atoms with van der Waals surface area (Å²) in [6, 6.07) is 21.0. The topological polar surface area (TPSA) is 68.5 Å². The summed E-state index contributed by atoms with van der Waals surface area (Å²) in [6.07, 6.45) is 0. The van der Waals surface area contributed by atoms with E-state index in [-0.39, 0.29) is 17.5 Å². The minimum Gasteiger partial charge on any atom is -0.497 e. The zero-order valence-electron chi connectivity index (χ0n) is 15.4. The molecule has 0 radical (unpaired) electrons. The third-order valence-electron chi connectivity index (χ3n) is 4.48. The number of rotatable bonds is 5. The molecule has 1 heterocycles. The molecule has 29 heavy (non-hydrogen) atoms. The van der Waals surface area contributed by atoms with E-state index in [1.807, 2.05) is 12.1 Å². The van der Waals surface area contributed by atoms with E-state index in [1.54, 1.807) is 60.7 Å². The fraction of sp³-hybridized carbons (Fsp3) is 0.0435. The number of nitrogens with one attached hydrogen (secondary N) is 1. The molecule has 0 atom stereocenters. The number of carbonyl (C=O) groups is 2. The maximum Gasteiger partial charge on any atom is 0.255 e. The number of hydrogen-bond acceptors (Lipinski definition) is 4. The van der Waals surface area contributed by atoms with Crippen LogP contribution in [0.15, 0.2) is 81.7 Å². The lowest BCUT2D eigenvalue weighted by Crippen LogP contribution is -2.14. The lowest BCUT2D eigenvalue weighted by molar-refractivity contribution is 0.101. The lowest BCUT2D eigenvalue weighted by Gasteiger charge is -2.07. The second-order valence-electron chi connectivity index (χ2n) is 6.32. The van der Waals surface area contributed by atoms with E-state index in [9.17, 15) is 9.59 Å². The third kappa shape index (κ3) is 3.79. The van der Waals surface area contributed by atoms with Crippen molar-refractivity contribution in [2.24, 2.45) is 0 Å². The summed E-state index contributed by atoms with van der Waals surface area (Å²) in [7, 11) is 1.54. The summed E-state index contributed by atoms with van der Waals surface area (Å²) in [6.45, 7) is 0. The van der Waals surface area contributed by atoms with Gasteiger partial charge in [-0.05, 0) is 54.6 Å². The number of para-hydroxylation sites is 1. The molecule has 0 saturated heterocycles. The predicted molar refractivity (Wildman–Crippen MR) is 115 cm³/mol. The molecule has 4 rings (SSSR count). The maximum atomic E-state index is 13.1. The highest BCUT2D eigenvalue weighted by molar-refractivity contribution is 9.10. The van der Waals surface area contributed by atoms with Crippen molar-refractivity contribution in [1.82, 2.24) is 0 Å². The molecular weight excluding hydrogens is 434 g/mol. The van der Waals surface area contributed by atoms with Crippen LogP contribution in [0.2, 0.25) is 0 Å². The monoisotopic (exact) mass is 449 g/mol. The number of methoxy groups -OCH3 is 1. The zero-order chi connectivity index (χ0) is 20.4. The molecular formula is C23H16BrNO4. The molecule has 0 fully saturated rings. The van der Waals surface area contributed by atoms with Crippen LogP contribution >= 0.6 is 15.9 Å². The molecule has 0 aliphatic carbocycles. The minimum absolute atomic E-state index is 0.0877. The van der Waals surface area contributed by atoms with E-state index in [0.717, 1.165) is 4.47 Å². The highest BCUT2D eigenvalue weighted by atomic mass is 79.9. The van der Waals surface area contributed by atoms with E-state index in [0.29, 0.717) is 33.5 Å². The number of anilines is 1.